The molecule has 0 saturated heterocycles. The molecule has 0 aliphatic heterocycles. The minimum absolute atomic E-state index is 0.0258. The van der Waals surface area contributed by atoms with E-state index in [-0.39, 0.29) is 5.91 Å². The molecule has 0 atom stereocenters. The number of aryl methyl sites for hydroxylation is 1. The van der Waals surface area contributed by atoms with Crippen molar-refractivity contribution in [2.75, 3.05) is 12.4 Å². The maximum Gasteiger partial charge on any atom is 0.251 e. The molecule has 0 bridgehead atoms. The van der Waals surface area contributed by atoms with Crippen LogP contribution in [0.15, 0.2) is 18.2 Å². The summed E-state index contributed by atoms with van der Waals surface area (Å²) < 4.78 is 0. The Labute approximate surface area is 128 Å². The molecule has 1 aliphatic carbocycles. The van der Waals surface area contributed by atoms with Crippen LogP contribution in [0.1, 0.15) is 55.5 Å². The minimum atomic E-state index is -0.0258. The van der Waals surface area contributed by atoms with E-state index in [9.17, 15) is 4.79 Å². The summed E-state index contributed by atoms with van der Waals surface area (Å²) in [5, 5.41) is 6.33. The lowest BCUT2D eigenvalue weighted by molar-refractivity contribution is 0.0963. The summed E-state index contributed by atoms with van der Waals surface area (Å²) in [5.74, 6) is 1.67. The van der Waals surface area contributed by atoms with Gasteiger partial charge in [0.05, 0.1) is 0 Å². The molecule has 3 heteroatoms. The fraction of sp³-hybridized carbons (Fsp3) is 0.611. The number of amides is 1. The van der Waals surface area contributed by atoms with Crippen LogP contribution in [0.5, 0.6) is 0 Å². The van der Waals surface area contributed by atoms with Crippen LogP contribution in [0.3, 0.4) is 0 Å². The highest BCUT2D eigenvalue weighted by molar-refractivity contribution is 5.94. The second-order valence-corrected chi connectivity index (χ2v) is 6.61. The Kier molecular flexibility index (Phi) is 5.27. The summed E-state index contributed by atoms with van der Waals surface area (Å²) in [4.78, 5) is 11.6. The summed E-state index contributed by atoms with van der Waals surface area (Å²) in [6.07, 6.45) is 5.15. The molecule has 0 spiro atoms. The Balaban J connectivity index is 1.96. The summed E-state index contributed by atoms with van der Waals surface area (Å²) in [7, 11) is 1.66. The van der Waals surface area contributed by atoms with Crippen molar-refractivity contribution in [1.82, 2.24) is 5.32 Å². The number of nitrogens with one attached hydrogen (secondary N) is 2. The fourth-order valence-electron chi connectivity index (χ4n) is 3.26. The van der Waals surface area contributed by atoms with E-state index in [0.717, 1.165) is 28.7 Å². The van der Waals surface area contributed by atoms with Crippen molar-refractivity contribution in [3.63, 3.8) is 0 Å². The van der Waals surface area contributed by atoms with Crippen LogP contribution in [0.25, 0.3) is 0 Å². The molecule has 116 valence electrons. The van der Waals surface area contributed by atoms with Crippen molar-refractivity contribution in [2.45, 2.75) is 52.5 Å². The number of benzene rings is 1. The third-order valence-corrected chi connectivity index (χ3v) is 4.79. The normalized spacial score (nSPS) is 22.1. The molecular weight excluding hydrogens is 260 g/mol. The van der Waals surface area contributed by atoms with Gasteiger partial charge in [-0.2, -0.15) is 0 Å². The standard InChI is InChI=1S/C18H28N2O/c1-12(2)14-5-8-16(9-6-14)20-17-10-7-15(11-13(17)3)18(21)19-4/h7,10-12,14,16,20H,5-6,8-9H2,1-4H3,(H,19,21). The number of hydrogen-bond donors (Lipinski definition) is 2. The first-order valence-electron chi connectivity index (χ1n) is 8.10. The zero-order valence-corrected chi connectivity index (χ0v) is 13.7. The molecule has 1 saturated carbocycles. The average molecular weight is 288 g/mol. The van der Waals surface area contributed by atoms with E-state index in [1.807, 2.05) is 18.2 Å². The first-order chi connectivity index (χ1) is 10.0. The van der Waals surface area contributed by atoms with Gasteiger partial charge >= 0.3 is 0 Å². The molecule has 0 aromatic heterocycles. The second-order valence-electron chi connectivity index (χ2n) is 6.61. The molecule has 2 rings (SSSR count). The zero-order chi connectivity index (χ0) is 15.4. The molecule has 1 aromatic rings. The number of rotatable bonds is 4. The van der Waals surface area contributed by atoms with Gasteiger partial charge in [-0.15, -0.1) is 0 Å². The number of hydrogen-bond acceptors (Lipinski definition) is 2. The molecular formula is C18H28N2O. The van der Waals surface area contributed by atoms with Gasteiger partial charge in [-0.25, -0.2) is 0 Å². The highest BCUT2D eigenvalue weighted by Crippen LogP contribution is 2.31. The van der Waals surface area contributed by atoms with E-state index >= 15 is 0 Å². The van der Waals surface area contributed by atoms with Crippen LogP contribution in [0, 0.1) is 18.8 Å². The number of anilines is 1. The summed E-state index contributed by atoms with van der Waals surface area (Å²) >= 11 is 0. The Hall–Kier alpha value is -1.51. The van der Waals surface area contributed by atoms with Gasteiger partial charge in [0.1, 0.15) is 0 Å². The van der Waals surface area contributed by atoms with Gasteiger partial charge < -0.3 is 10.6 Å². The SMILES string of the molecule is CNC(=O)c1ccc(NC2CCC(C(C)C)CC2)c(C)c1. The molecule has 21 heavy (non-hydrogen) atoms. The predicted octanol–water partition coefficient (Wildman–Crippen LogP) is 3.98. The quantitative estimate of drug-likeness (QED) is 0.880. The van der Waals surface area contributed by atoms with Crippen molar-refractivity contribution in [1.29, 1.82) is 0 Å². The monoisotopic (exact) mass is 288 g/mol. The lowest BCUT2D eigenvalue weighted by Crippen LogP contribution is -2.28. The fourth-order valence-corrected chi connectivity index (χ4v) is 3.26. The van der Waals surface area contributed by atoms with Gasteiger partial charge in [-0.1, -0.05) is 13.8 Å². The van der Waals surface area contributed by atoms with Gasteiger partial charge in [-0.05, 0) is 68.2 Å². The van der Waals surface area contributed by atoms with E-state index in [1.165, 1.54) is 25.7 Å². The van der Waals surface area contributed by atoms with E-state index in [2.05, 4.69) is 31.4 Å². The first kappa shape index (κ1) is 15.9. The molecule has 1 aliphatic rings. The summed E-state index contributed by atoms with van der Waals surface area (Å²) in [6, 6.07) is 6.47. The molecule has 2 N–H and O–H groups in total. The third kappa shape index (κ3) is 3.99. The number of carbonyl (C=O) groups excluding carboxylic acids is 1. The summed E-state index contributed by atoms with van der Waals surface area (Å²) in [5.41, 5.74) is 3.03. The smallest absolute Gasteiger partial charge is 0.251 e. The van der Waals surface area contributed by atoms with E-state index < -0.39 is 0 Å². The minimum Gasteiger partial charge on any atom is -0.382 e. The second kappa shape index (κ2) is 6.97. The van der Waals surface area contributed by atoms with Crippen LogP contribution in [-0.2, 0) is 0 Å². The largest absolute Gasteiger partial charge is 0.382 e. The zero-order valence-electron chi connectivity index (χ0n) is 13.7. The molecule has 1 aromatic carbocycles. The van der Waals surface area contributed by atoms with Gasteiger partial charge in [0.2, 0.25) is 0 Å². The van der Waals surface area contributed by atoms with Crippen molar-refractivity contribution in [2.24, 2.45) is 11.8 Å². The van der Waals surface area contributed by atoms with Crippen molar-refractivity contribution < 1.29 is 4.79 Å². The van der Waals surface area contributed by atoms with E-state index in [0.29, 0.717) is 6.04 Å². The Morgan fingerprint density at radius 1 is 1.19 bits per heavy atom. The van der Waals surface area contributed by atoms with Crippen LogP contribution >= 0.6 is 0 Å². The first-order valence-corrected chi connectivity index (χ1v) is 8.10. The van der Waals surface area contributed by atoms with Crippen molar-refractivity contribution in [3.05, 3.63) is 29.3 Å². The van der Waals surface area contributed by atoms with Gasteiger partial charge in [-0.3, -0.25) is 4.79 Å². The lowest BCUT2D eigenvalue weighted by atomic mass is 9.79. The van der Waals surface area contributed by atoms with E-state index in [4.69, 9.17) is 0 Å². The highest BCUT2D eigenvalue weighted by Gasteiger charge is 2.23. The van der Waals surface area contributed by atoms with Gasteiger partial charge in [0, 0.05) is 24.3 Å². The predicted molar refractivity (Wildman–Crippen MR) is 88.8 cm³/mol. The van der Waals surface area contributed by atoms with Crippen LogP contribution in [0.2, 0.25) is 0 Å². The Bertz CT molecular complexity index is 488. The number of carbonyl (C=O) groups is 1. The van der Waals surface area contributed by atoms with Gasteiger partial charge in [0.25, 0.3) is 5.91 Å². The van der Waals surface area contributed by atoms with Crippen LogP contribution in [-0.4, -0.2) is 19.0 Å². The van der Waals surface area contributed by atoms with Crippen LogP contribution < -0.4 is 10.6 Å². The van der Waals surface area contributed by atoms with Crippen LogP contribution in [0.4, 0.5) is 5.69 Å². The average Bonchev–Trinajstić information content (AvgIpc) is 2.49. The molecule has 0 radical (unpaired) electrons. The van der Waals surface area contributed by atoms with Gasteiger partial charge in [0.15, 0.2) is 0 Å². The molecule has 1 amide bonds. The lowest BCUT2D eigenvalue weighted by Gasteiger charge is -2.32. The van der Waals surface area contributed by atoms with Crippen molar-refractivity contribution in [3.8, 4) is 0 Å². The van der Waals surface area contributed by atoms with Crippen molar-refractivity contribution >= 4 is 11.6 Å². The Morgan fingerprint density at radius 2 is 1.86 bits per heavy atom. The third-order valence-electron chi connectivity index (χ3n) is 4.79. The molecule has 1 fully saturated rings. The molecule has 0 heterocycles. The topological polar surface area (TPSA) is 41.1 Å². The van der Waals surface area contributed by atoms with E-state index in [1.54, 1.807) is 7.05 Å². The summed E-state index contributed by atoms with van der Waals surface area (Å²) in [6.45, 7) is 6.73. The molecule has 3 nitrogen and oxygen atoms in total. The highest BCUT2D eigenvalue weighted by atomic mass is 16.1. The molecule has 0 unspecified atom stereocenters. The maximum absolute atomic E-state index is 11.6. The maximum atomic E-state index is 11.6. The Morgan fingerprint density at radius 3 is 2.38 bits per heavy atom.